The zero-order valence-corrected chi connectivity index (χ0v) is 18.5. The number of ether oxygens (including phenoxy) is 1. The predicted octanol–water partition coefficient (Wildman–Crippen LogP) is 3.61. The Morgan fingerprint density at radius 3 is 2.25 bits per heavy atom. The van der Waals surface area contributed by atoms with Gasteiger partial charge in [-0.1, -0.05) is 6.07 Å². The maximum absolute atomic E-state index is 12.7. The van der Waals surface area contributed by atoms with Crippen LogP contribution in [0.4, 0.5) is 11.4 Å². The fourth-order valence-corrected chi connectivity index (χ4v) is 4.17. The number of imide groups is 1. The van der Waals surface area contributed by atoms with E-state index in [4.69, 9.17) is 4.74 Å². The molecule has 166 valence electrons. The SMILES string of the molecule is Cc1ccc(N2C[C@@H](C(=O)Oc3ccc(N4C(=O)CCCC4=O)c(C)c3)CC2=O)cc1C. The van der Waals surface area contributed by atoms with Gasteiger partial charge in [0, 0.05) is 31.5 Å². The highest BCUT2D eigenvalue weighted by Gasteiger charge is 2.36. The van der Waals surface area contributed by atoms with Crippen molar-refractivity contribution >= 4 is 35.1 Å². The predicted molar refractivity (Wildman–Crippen MR) is 120 cm³/mol. The summed E-state index contributed by atoms with van der Waals surface area (Å²) in [4.78, 5) is 52.5. The van der Waals surface area contributed by atoms with Crippen LogP contribution in [0.5, 0.6) is 5.75 Å². The van der Waals surface area contributed by atoms with E-state index in [0.717, 1.165) is 16.8 Å². The largest absolute Gasteiger partial charge is 0.426 e. The van der Waals surface area contributed by atoms with Crippen LogP contribution < -0.4 is 14.5 Å². The van der Waals surface area contributed by atoms with Crippen molar-refractivity contribution in [1.82, 2.24) is 0 Å². The summed E-state index contributed by atoms with van der Waals surface area (Å²) in [7, 11) is 0. The molecule has 1 atom stereocenters. The Kier molecular flexibility index (Phi) is 5.82. The zero-order chi connectivity index (χ0) is 23.0. The molecule has 2 heterocycles. The minimum absolute atomic E-state index is 0.0968. The molecule has 0 radical (unpaired) electrons. The molecular weight excluding hydrogens is 408 g/mol. The highest BCUT2D eigenvalue weighted by atomic mass is 16.5. The molecule has 2 aromatic rings. The standard InChI is InChI=1S/C25H26N2O5/c1-15-7-8-19(11-16(15)2)26-14-18(13-24(26)30)25(31)32-20-9-10-21(17(3)12-20)27-22(28)5-4-6-23(27)29/h7-12,18H,4-6,13-14H2,1-3H3/t18-/m0/s1. The fourth-order valence-electron chi connectivity index (χ4n) is 4.17. The third-order valence-electron chi connectivity index (χ3n) is 6.17. The van der Waals surface area contributed by atoms with Gasteiger partial charge in [-0.15, -0.1) is 0 Å². The summed E-state index contributed by atoms with van der Waals surface area (Å²) in [5, 5.41) is 0. The van der Waals surface area contributed by atoms with E-state index in [1.54, 1.807) is 30.0 Å². The van der Waals surface area contributed by atoms with Crippen molar-refractivity contribution in [1.29, 1.82) is 0 Å². The van der Waals surface area contributed by atoms with E-state index in [0.29, 0.717) is 36.3 Å². The van der Waals surface area contributed by atoms with Crippen molar-refractivity contribution in [3.8, 4) is 5.75 Å². The van der Waals surface area contributed by atoms with Crippen LogP contribution in [-0.4, -0.2) is 30.2 Å². The second-order valence-corrected chi connectivity index (χ2v) is 8.52. The maximum Gasteiger partial charge on any atom is 0.316 e. The van der Waals surface area contributed by atoms with Gasteiger partial charge in [-0.3, -0.25) is 24.1 Å². The van der Waals surface area contributed by atoms with Crippen LogP contribution in [0.1, 0.15) is 42.4 Å². The summed E-state index contributed by atoms with van der Waals surface area (Å²) < 4.78 is 5.54. The number of rotatable bonds is 4. The summed E-state index contributed by atoms with van der Waals surface area (Å²) in [5.74, 6) is -1.25. The molecule has 3 amide bonds. The molecule has 7 nitrogen and oxygen atoms in total. The lowest BCUT2D eigenvalue weighted by Gasteiger charge is -2.26. The number of carbonyl (C=O) groups excluding carboxylic acids is 4. The summed E-state index contributed by atoms with van der Waals surface area (Å²) in [6.45, 7) is 6.04. The topological polar surface area (TPSA) is 84.0 Å². The fraction of sp³-hybridized carbons (Fsp3) is 0.360. The summed E-state index contributed by atoms with van der Waals surface area (Å²) in [6, 6.07) is 10.6. The summed E-state index contributed by atoms with van der Waals surface area (Å²) in [5.41, 5.74) is 4.18. The summed E-state index contributed by atoms with van der Waals surface area (Å²) >= 11 is 0. The van der Waals surface area contributed by atoms with Crippen molar-refractivity contribution in [3.05, 3.63) is 53.1 Å². The van der Waals surface area contributed by atoms with Gasteiger partial charge in [0.1, 0.15) is 5.75 Å². The lowest BCUT2D eigenvalue weighted by atomic mass is 10.1. The van der Waals surface area contributed by atoms with Crippen molar-refractivity contribution in [3.63, 3.8) is 0 Å². The highest BCUT2D eigenvalue weighted by Crippen LogP contribution is 2.31. The van der Waals surface area contributed by atoms with Gasteiger partial charge >= 0.3 is 5.97 Å². The Morgan fingerprint density at radius 1 is 0.875 bits per heavy atom. The van der Waals surface area contributed by atoms with Gasteiger partial charge < -0.3 is 9.64 Å². The minimum Gasteiger partial charge on any atom is -0.426 e. The lowest BCUT2D eigenvalue weighted by molar-refractivity contribution is -0.139. The number of aryl methyl sites for hydroxylation is 3. The normalized spacial score (nSPS) is 19.0. The van der Waals surface area contributed by atoms with Crippen LogP contribution in [0.3, 0.4) is 0 Å². The van der Waals surface area contributed by atoms with Crippen LogP contribution in [0.25, 0.3) is 0 Å². The van der Waals surface area contributed by atoms with Crippen LogP contribution in [0.15, 0.2) is 36.4 Å². The molecule has 32 heavy (non-hydrogen) atoms. The van der Waals surface area contributed by atoms with E-state index >= 15 is 0 Å². The Bertz CT molecular complexity index is 1110. The number of nitrogens with zero attached hydrogens (tertiary/aromatic N) is 2. The van der Waals surface area contributed by atoms with Crippen LogP contribution in [0, 0.1) is 26.7 Å². The molecular formula is C25H26N2O5. The molecule has 2 aliphatic rings. The van der Waals surface area contributed by atoms with Gasteiger partial charge in [0.2, 0.25) is 17.7 Å². The zero-order valence-electron chi connectivity index (χ0n) is 18.5. The molecule has 2 aromatic carbocycles. The van der Waals surface area contributed by atoms with Crippen molar-refractivity contribution in [2.75, 3.05) is 16.3 Å². The summed E-state index contributed by atoms with van der Waals surface area (Å²) in [6.07, 6.45) is 1.35. The molecule has 2 saturated heterocycles. The van der Waals surface area contributed by atoms with Crippen molar-refractivity contribution < 1.29 is 23.9 Å². The van der Waals surface area contributed by atoms with E-state index in [1.807, 2.05) is 32.0 Å². The molecule has 0 aromatic heterocycles. The molecule has 7 heteroatoms. The molecule has 0 bridgehead atoms. The second kappa shape index (κ2) is 8.57. The van der Waals surface area contributed by atoms with Gasteiger partial charge in [0.15, 0.2) is 0 Å². The number of benzene rings is 2. The van der Waals surface area contributed by atoms with E-state index in [-0.39, 0.29) is 30.7 Å². The van der Waals surface area contributed by atoms with Gasteiger partial charge in [-0.25, -0.2) is 0 Å². The Labute approximate surface area is 187 Å². The minimum atomic E-state index is -0.561. The van der Waals surface area contributed by atoms with Crippen LogP contribution in [-0.2, 0) is 19.2 Å². The molecule has 0 aliphatic carbocycles. The molecule has 0 saturated carbocycles. The molecule has 0 N–H and O–H groups in total. The average molecular weight is 434 g/mol. The number of amides is 3. The maximum atomic E-state index is 12.7. The number of hydrogen-bond donors (Lipinski definition) is 0. The monoisotopic (exact) mass is 434 g/mol. The quantitative estimate of drug-likeness (QED) is 0.417. The highest BCUT2D eigenvalue weighted by molar-refractivity contribution is 6.16. The smallest absolute Gasteiger partial charge is 0.316 e. The van der Waals surface area contributed by atoms with Gasteiger partial charge in [-0.05, 0) is 74.2 Å². The number of esters is 1. The Morgan fingerprint density at radius 2 is 1.59 bits per heavy atom. The van der Waals surface area contributed by atoms with Gasteiger partial charge in [0.25, 0.3) is 0 Å². The van der Waals surface area contributed by atoms with E-state index in [9.17, 15) is 19.2 Å². The number of piperidine rings is 1. The van der Waals surface area contributed by atoms with Crippen LogP contribution in [0.2, 0.25) is 0 Å². The molecule has 0 unspecified atom stereocenters. The first-order valence-electron chi connectivity index (χ1n) is 10.8. The third-order valence-corrected chi connectivity index (χ3v) is 6.17. The van der Waals surface area contributed by atoms with Gasteiger partial charge in [-0.2, -0.15) is 0 Å². The second-order valence-electron chi connectivity index (χ2n) is 8.52. The van der Waals surface area contributed by atoms with Crippen LogP contribution >= 0.6 is 0 Å². The molecule has 2 fully saturated rings. The number of hydrogen-bond acceptors (Lipinski definition) is 5. The number of carbonyl (C=O) groups is 4. The first-order chi connectivity index (χ1) is 15.2. The molecule has 4 rings (SSSR count). The average Bonchev–Trinajstić information content (AvgIpc) is 3.13. The first kappa shape index (κ1) is 21.7. The van der Waals surface area contributed by atoms with E-state index in [2.05, 4.69) is 0 Å². The molecule has 0 spiro atoms. The van der Waals surface area contributed by atoms with Gasteiger partial charge in [0.05, 0.1) is 11.6 Å². The third kappa shape index (κ3) is 4.15. The Hall–Kier alpha value is -3.48. The first-order valence-corrected chi connectivity index (χ1v) is 10.8. The Balaban J connectivity index is 1.45. The van der Waals surface area contributed by atoms with Crippen molar-refractivity contribution in [2.24, 2.45) is 5.92 Å². The van der Waals surface area contributed by atoms with E-state index < -0.39 is 11.9 Å². The van der Waals surface area contributed by atoms with E-state index in [1.165, 1.54) is 4.90 Å². The molecule has 2 aliphatic heterocycles. The number of anilines is 2. The van der Waals surface area contributed by atoms with Crippen molar-refractivity contribution in [2.45, 2.75) is 46.5 Å². The lowest BCUT2D eigenvalue weighted by Crippen LogP contribution is -2.40.